The molecule has 0 radical (unpaired) electrons. The van der Waals surface area contributed by atoms with Crippen molar-refractivity contribution in [3.05, 3.63) is 35.1 Å². The number of H-pyrrole nitrogens is 1. The lowest BCUT2D eigenvalue weighted by Gasteiger charge is -2.07. The van der Waals surface area contributed by atoms with Crippen LogP contribution in [0.5, 0.6) is 0 Å². The van der Waals surface area contributed by atoms with E-state index in [1.807, 2.05) is 0 Å². The molecular weight excluding hydrogens is 423 g/mol. The summed E-state index contributed by atoms with van der Waals surface area (Å²) in [5.74, 6) is -0.336. The van der Waals surface area contributed by atoms with E-state index < -0.39 is 12.7 Å². The maximum atomic E-state index is 14.1. The Balaban J connectivity index is 1.94. The monoisotopic (exact) mass is 437 g/mol. The second kappa shape index (κ2) is 7.48. The molecule has 0 aliphatic carbocycles. The van der Waals surface area contributed by atoms with Crippen molar-refractivity contribution in [2.45, 2.75) is 19.6 Å². The second-order valence-corrected chi connectivity index (χ2v) is 6.77. The molecule has 1 unspecified atom stereocenters. The van der Waals surface area contributed by atoms with Gasteiger partial charge in [0.05, 0.1) is 16.1 Å². The Morgan fingerprint density at radius 2 is 2.10 bits per heavy atom. The number of amides is 1. The molecule has 4 N–H and O–H groups in total. The van der Waals surface area contributed by atoms with Gasteiger partial charge in [-0.1, -0.05) is 17.7 Å². The van der Waals surface area contributed by atoms with Crippen LogP contribution < -0.4 is 11.1 Å². The number of aromatic nitrogens is 5. The van der Waals surface area contributed by atoms with E-state index >= 15 is 0 Å². The molecule has 1 amide bonds. The minimum atomic E-state index is -3.32. The molecule has 8 nitrogen and oxygen atoms in total. The molecule has 0 spiro atoms. The van der Waals surface area contributed by atoms with Crippen molar-refractivity contribution in [3.8, 4) is 11.4 Å². The zero-order valence-electron chi connectivity index (χ0n) is 15.5. The van der Waals surface area contributed by atoms with E-state index in [2.05, 4.69) is 25.4 Å². The smallest absolute Gasteiger partial charge is 0.289 e. The lowest BCUT2D eigenvalue weighted by atomic mass is 10.1. The molecule has 4 rings (SSSR count). The third kappa shape index (κ3) is 3.11. The van der Waals surface area contributed by atoms with Crippen LogP contribution in [0, 0.1) is 0 Å². The maximum Gasteiger partial charge on any atom is 0.289 e. The van der Waals surface area contributed by atoms with Crippen LogP contribution in [0.2, 0.25) is 5.02 Å². The van der Waals surface area contributed by atoms with Gasteiger partial charge in [0.2, 0.25) is 0 Å². The van der Waals surface area contributed by atoms with Gasteiger partial charge in [0, 0.05) is 23.0 Å². The number of nitrogens with two attached hydrogens (primary N) is 1. The number of nitrogens with one attached hydrogen (secondary N) is 2. The quantitative estimate of drug-likeness (QED) is 0.440. The van der Waals surface area contributed by atoms with E-state index in [0.717, 1.165) is 6.33 Å². The molecule has 0 bridgehead atoms. The standard InChI is InChI=1S/C18H15ClF3N7O/c1-2-24-18(30)7-3-4-8-9(5-7)27-13(11(8)19)12-10-16(23)25-6-26-17(10)29(28-12)15(22)14(20)21/h3-6,14-15,27H,2H2,1H3,(H,24,30)(H2,23,25,26). The number of nitrogens with zero attached hydrogens (tertiary/aromatic N) is 4. The van der Waals surface area contributed by atoms with Gasteiger partial charge in [-0.05, 0) is 19.1 Å². The molecule has 3 aromatic heterocycles. The Labute approximate surface area is 172 Å². The SMILES string of the molecule is CCNC(=O)c1ccc2c(Cl)c(-c3nn(C(F)C(F)F)c4ncnc(N)c34)[nH]c2c1. The number of alkyl halides is 3. The number of hydrogen-bond acceptors (Lipinski definition) is 5. The summed E-state index contributed by atoms with van der Waals surface area (Å²) in [5.41, 5.74) is 6.84. The van der Waals surface area contributed by atoms with Gasteiger partial charge >= 0.3 is 0 Å². The molecule has 156 valence electrons. The molecule has 4 aromatic rings. The molecule has 0 aliphatic heterocycles. The number of carbonyl (C=O) groups is 1. The number of carbonyl (C=O) groups excluding carboxylic acids is 1. The molecule has 3 heterocycles. The van der Waals surface area contributed by atoms with Crippen LogP contribution >= 0.6 is 11.6 Å². The Hall–Kier alpha value is -3.34. The molecular formula is C18H15ClF3N7O. The van der Waals surface area contributed by atoms with Gasteiger partial charge in [-0.2, -0.15) is 5.10 Å². The van der Waals surface area contributed by atoms with Crippen molar-refractivity contribution >= 4 is 45.3 Å². The Morgan fingerprint density at radius 3 is 2.80 bits per heavy atom. The summed E-state index contributed by atoms with van der Waals surface area (Å²) in [6, 6.07) is 4.82. The van der Waals surface area contributed by atoms with E-state index in [1.54, 1.807) is 25.1 Å². The number of aromatic amines is 1. The van der Waals surface area contributed by atoms with Gasteiger partial charge in [0.1, 0.15) is 17.8 Å². The van der Waals surface area contributed by atoms with E-state index in [4.69, 9.17) is 17.3 Å². The molecule has 0 aliphatic rings. The Kier molecular flexibility index (Phi) is 4.98. The lowest BCUT2D eigenvalue weighted by Crippen LogP contribution is -2.22. The number of benzene rings is 1. The van der Waals surface area contributed by atoms with Gasteiger partial charge < -0.3 is 16.0 Å². The highest BCUT2D eigenvalue weighted by Crippen LogP contribution is 2.39. The van der Waals surface area contributed by atoms with Crippen molar-refractivity contribution in [2.75, 3.05) is 12.3 Å². The molecule has 1 aromatic carbocycles. The van der Waals surface area contributed by atoms with Gasteiger partial charge in [0.25, 0.3) is 18.6 Å². The van der Waals surface area contributed by atoms with E-state index in [0.29, 0.717) is 27.7 Å². The Bertz CT molecular complexity index is 1270. The summed E-state index contributed by atoms with van der Waals surface area (Å²) >= 11 is 6.48. The number of hydrogen-bond donors (Lipinski definition) is 3. The third-order valence-electron chi connectivity index (χ3n) is 4.53. The van der Waals surface area contributed by atoms with Crippen LogP contribution in [0.3, 0.4) is 0 Å². The number of fused-ring (bicyclic) bond motifs is 2. The zero-order chi connectivity index (χ0) is 21.6. The number of halogens is 4. The predicted octanol–water partition coefficient (Wildman–Crippen LogP) is 3.69. The van der Waals surface area contributed by atoms with Crippen LogP contribution in [0.25, 0.3) is 33.3 Å². The van der Waals surface area contributed by atoms with Crippen molar-refractivity contribution < 1.29 is 18.0 Å². The van der Waals surface area contributed by atoms with Crippen LogP contribution in [0.15, 0.2) is 24.5 Å². The third-order valence-corrected chi connectivity index (χ3v) is 4.92. The van der Waals surface area contributed by atoms with Gasteiger partial charge in [-0.3, -0.25) is 4.79 Å². The van der Waals surface area contributed by atoms with Crippen LogP contribution in [0.4, 0.5) is 19.0 Å². The summed E-state index contributed by atoms with van der Waals surface area (Å²) in [6.45, 7) is 2.26. The van der Waals surface area contributed by atoms with Crippen molar-refractivity contribution in [1.82, 2.24) is 30.0 Å². The summed E-state index contributed by atoms with van der Waals surface area (Å²) in [4.78, 5) is 22.8. The van der Waals surface area contributed by atoms with Gasteiger partial charge in [0.15, 0.2) is 5.65 Å². The van der Waals surface area contributed by atoms with E-state index in [-0.39, 0.29) is 39.2 Å². The fourth-order valence-electron chi connectivity index (χ4n) is 3.18. The van der Waals surface area contributed by atoms with E-state index in [1.165, 1.54) is 0 Å². The first-order valence-corrected chi connectivity index (χ1v) is 9.22. The summed E-state index contributed by atoms with van der Waals surface area (Å²) in [7, 11) is 0. The predicted molar refractivity (Wildman–Crippen MR) is 106 cm³/mol. The first kappa shape index (κ1) is 20.0. The van der Waals surface area contributed by atoms with Gasteiger partial charge in [-0.15, -0.1) is 0 Å². The Morgan fingerprint density at radius 1 is 1.33 bits per heavy atom. The highest BCUT2D eigenvalue weighted by atomic mass is 35.5. The number of nitrogen functional groups attached to an aromatic ring is 1. The number of rotatable bonds is 5. The molecule has 0 saturated heterocycles. The normalized spacial score (nSPS) is 12.7. The molecule has 30 heavy (non-hydrogen) atoms. The van der Waals surface area contributed by atoms with Crippen molar-refractivity contribution in [2.24, 2.45) is 0 Å². The summed E-state index contributed by atoms with van der Waals surface area (Å²) in [5, 5.41) is 7.50. The van der Waals surface area contributed by atoms with Gasteiger partial charge in [-0.25, -0.2) is 27.8 Å². The van der Waals surface area contributed by atoms with Crippen LogP contribution in [-0.4, -0.2) is 43.6 Å². The fraction of sp³-hybridized carbons (Fsp3) is 0.222. The minimum absolute atomic E-state index is 0.0205. The lowest BCUT2D eigenvalue weighted by molar-refractivity contribution is 0.00323. The molecule has 0 saturated carbocycles. The largest absolute Gasteiger partial charge is 0.383 e. The first-order chi connectivity index (χ1) is 14.3. The second-order valence-electron chi connectivity index (χ2n) is 6.39. The van der Waals surface area contributed by atoms with Crippen molar-refractivity contribution in [3.63, 3.8) is 0 Å². The first-order valence-electron chi connectivity index (χ1n) is 8.84. The van der Waals surface area contributed by atoms with Crippen molar-refractivity contribution in [1.29, 1.82) is 0 Å². The summed E-state index contributed by atoms with van der Waals surface area (Å²) < 4.78 is 40.6. The topological polar surface area (TPSA) is 115 Å². The van der Waals surface area contributed by atoms with Crippen LogP contribution in [-0.2, 0) is 0 Å². The molecule has 0 fully saturated rings. The molecule has 1 atom stereocenters. The number of anilines is 1. The zero-order valence-corrected chi connectivity index (χ0v) is 16.2. The van der Waals surface area contributed by atoms with Crippen LogP contribution in [0.1, 0.15) is 23.6 Å². The molecule has 12 heteroatoms. The average Bonchev–Trinajstić information content (AvgIpc) is 3.26. The summed E-state index contributed by atoms with van der Waals surface area (Å²) in [6.07, 6.45) is -5.03. The highest BCUT2D eigenvalue weighted by molar-refractivity contribution is 6.38. The van der Waals surface area contributed by atoms with E-state index in [9.17, 15) is 18.0 Å². The fourth-order valence-corrected chi connectivity index (χ4v) is 3.48. The highest BCUT2D eigenvalue weighted by Gasteiger charge is 2.29. The average molecular weight is 438 g/mol. The maximum absolute atomic E-state index is 14.1. The minimum Gasteiger partial charge on any atom is -0.383 e.